The van der Waals surface area contributed by atoms with Crippen LogP contribution in [0.2, 0.25) is 5.02 Å². The first-order valence-electron chi connectivity index (χ1n) is 9.04. The summed E-state index contributed by atoms with van der Waals surface area (Å²) in [7, 11) is 1.31. The number of nitrogens with zero attached hydrogens (tertiary/aromatic N) is 2. The van der Waals surface area contributed by atoms with Crippen LogP contribution in [0.4, 0.5) is 29.3 Å². The Kier molecular flexibility index (Phi) is 7.74. The Morgan fingerprint density at radius 3 is 2.33 bits per heavy atom. The van der Waals surface area contributed by atoms with Gasteiger partial charge in [0.15, 0.2) is 0 Å². The minimum atomic E-state index is -4.64. The number of nitrogens with one attached hydrogen (secondary N) is 3. The molecule has 33 heavy (non-hydrogen) atoms. The number of hydroxylamine groups is 1. The normalized spacial score (nSPS) is 11.1. The maximum atomic E-state index is 13.0. The fraction of sp³-hybridized carbons (Fsp3) is 0.100. The number of carbonyl (C=O) groups excluding carboxylic acids is 2. The SMILES string of the molecule is CONC(=O)c1cc(Sc2ccc(NC(=O)Nc3ccc(Cl)c(C(F)(F)F)c3)cc2)ncn1. The second kappa shape index (κ2) is 10.5. The highest BCUT2D eigenvalue weighted by molar-refractivity contribution is 7.99. The third kappa shape index (κ3) is 6.81. The summed E-state index contributed by atoms with van der Waals surface area (Å²) >= 11 is 6.83. The molecule has 0 aliphatic carbocycles. The Bertz CT molecular complexity index is 1160. The summed E-state index contributed by atoms with van der Waals surface area (Å²) in [5.41, 5.74) is 1.59. The first-order valence-corrected chi connectivity index (χ1v) is 10.2. The van der Waals surface area contributed by atoms with Gasteiger partial charge in [-0.3, -0.25) is 9.63 Å². The van der Waals surface area contributed by atoms with E-state index in [0.717, 1.165) is 17.0 Å². The molecule has 0 bridgehead atoms. The van der Waals surface area contributed by atoms with Crippen LogP contribution in [0.25, 0.3) is 0 Å². The van der Waals surface area contributed by atoms with Gasteiger partial charge >= 0.3 is 12.2 Å². The van der Waals surface area contributed by atoms with Gasteiger partial charge in [0.2, 0.25) is 0 Å². The van der Waals surface area contributed by atoms with Crippen LogP contribution in [-0.2, 0) is 11.0 Å². The Morgan fingerprint density at radius 2 is 1.67 bits per heavy atom. The van der Waals surface area contributed by atoms with Crippen LogP contribution in [0.1, 0.15) is 16.1 Å². The summed E-state index contributed by atoms with van der Waals surface area (Å²) in [5, 5.41) is 4.91. The molecular weight excluding hydrogens is 483 g/mol. The Morgan fingerprint density at radius 1 is 1.00 bits per heavy atom. The van der Waals surface area contributed by atoms with Crippen molar-refractivity contribution in [2.24, 2.45) is 0 Å². The van der Waals surface area contributed by atoms with Gasteiger partial charge < -0.3 is 10.6 Å². The van der Waals surface area contributed by atoms with E-state index >= 15 is 0 Å². The molecule has 8 nitrogen and oxygen atoms in total. The standard InChI is InChI=1S/C20H15ClF3N5O3S/c1-32-29-18(30)16-9-17(26-10-25-16)33-13-5-2-11(3-6-13)27-19(31)28-12-4-7-15(21)14(8-12)20(22,23)24/h2-10H,1H3,(H,29,30)(H2,27,28,31). The minimum absolute atomic E-state index is 0.0616. The Labute approximate surface area is 194 Å². The number of alkyl halides is 3. The summed E-state index contributed by atoms with van der Waals surface area (Å²) in [6.45, 7) is 0. The number of anilines is 2. The molecule has 2 aromatic carbocycles. The number of rotatable bonds is 6. The zero-order valence-electron chi connectivity index (χ0n) is 16.7. The molecule has 0 saturated carbocycles. The maximum Gasteiger partial charge on any atom is 0.417 e. The third-order valence-electron chi connectivity index (χ3n) is 3.93. The quantitative estimate of drug-likeness (QED) is 0.318. The molecule has 0 atom stereocenters. The van der Waals surface area contributed by atoms with E-state index in [4.69, 9.17) is 11.6 Å². The molecule has 1 heterocycles. The number of aromatic nitrogens is 2. The van der Waals surface area contributed by atoms with Crippen LogP contribution in [-0.4, -0.2) is 29.0 Å². The van der Waals surface area contributed by atoms with Crippen molar-refractivity contribution in [1.29, 1.82) is 0 Å². The van der Waals surface area contributed by atoms with Crippen molar-refractivity contribution < 1.29 is 27.6 Å². The summed E-state index contributed by atoms with van der Waals surface area (Å²) < 4.78 is 38.9. The van der Waals surface area contributed by atoms with Crippen molar-refractivity contribution in [2.45, 2.75) is 16.1 Å². The molecule has 1 aromatic heterocycles. The monoisotopic (exact) mass is 497 g/mol. The predicted molar refractivity (Wildman–Crippen MR) is 116 cm³/mol. The van der Waals surface area contributed by atoms with Gasteiger partial charge in [0.05, 0.1) is 17.7 Å². The number of urea groups is 1. The van der Waals surface area contributed by atoms with Crippen molar-refractivity contribution in [3.63, 3.8) is 0 Å². The van der Waals surface area contributed by atoms with Crippen LogP contribution < -0.4 is 16.1 Å². The van der Waals surface area contributed by atoms with Crippen LogP contribution in [0, 0.1) is 0 Å². The first kappa shape index (κ1) is 24.3. The van der Waals surface area contributed by atoms with Crippen molar-refractivity contribution >= 4 is 46.7 Å². The smallest absolute Gasteiger partial charge is 0.308 e. The first-order chi connectivity index (χ1) is 15.7. The topological polar surface area (TPSA) is 105 Å². The zero-order valence-corrected chi connectivity index (χ0v) is 18.3. The van der Waals surface area contributed by atoms with E-state index in [0.29, 0.717) is 10.7 Å². The number of amides is 3. The van der Waals surface area contributed by atoms with Crippen LogP contribution in [0.5, 0.6) is 0 Å². The van der Waals surface area contributed by atoms with Crippen LogP contribution >= 0.6 is 23.4 Å². The van der Waals surface area contributed by atoms with Crippen LogP contribution in [0.15, 0.2) is 64.8 Å². The maximum absolute atomic E-state index is 13.0. The molecule has 0 unspecified atom stereocenters. The second-order valence-corrected chi connectivity index (χ2v) is 7.78. The summed E-state index contributed by atoms with van der Waals surface area (Å²) in [6, 6.07) is 10.4. The fourth-order valence-corrected chi connectivity index (χ4v) is 3.51. The summed E-state index contributed by atoms with van der Waals surface area (Å²) in [5.74, 6) is -0.518. The molecule has 0 saturated heterocycles. The van der Waals surface area contributed by atoms with E-state index in [1.807, 2.05) is 0 Å². The molecule has 0 radical (unpaired) electrons. The molecule has 3 rings (SSSR count). The molecule has 13 heteroatoms. The van der Waals surface area contributed by atoms with Gasteiger partial charge in [-0.15, -0.1) is 0 Å². The molecule has 0 fully saturated rings. The Hall–Kier alpha value is -3.35. The van der Waals surface area contributed by atoms with E-state index in [-0.39, 0.29) is 11.4 Å². The fourth-order valence-electron chi connectivity index (χ4n) is 2.51. The van der Waals surface area contributed by atoms with Crippen molar-refractivity contribution in [3.8, 4) is 0 Å². The molecule has 3 aromatic rings. The number of benzene rings is 2. The van der Waals surface area contributed by atoms with E-state index in [1.165, 1.54) is 37.3 Å². The molecule has 0 aliphatic heterocycles. The summed E-state index contributed by atoms with van der Waals surface area (Å²) in [6.07, 6.45) is -3.40. The number of carbonyl (C=O) groups is 2. The number of halogens is 4. The van der Waals surface area contributed by atoms with Gasteiger partial charge in [-0.25, -0.2) is 20.2 Å². The lowest BCUT2D eigenvalue weighted by molar-refractivity contribution is -0.137. The lowest BCUT2D eigenvalue weighted by Gasteiger charge is -2.12. The van der Waals surface area contributed by atoms with Gasteiger partial charge in [-0.05, 0) is 42.5 Å². The van der Waals surface area contributed by atoms with Crippen LogP contribution in [0.3, 0.4) is 0 Å². The summed E-state index contributed by atoms with van der Waals surface area (Å²) in [4.78, 5) is 37.2. The largest absolute Gasteiger partial charge is 0.417 e. The van der Waals surface area contributed by atoms with Crippen molar-refractivity contribution in [3.05, 3.63) is 71.1 Å². The molecule has 0 spiro atoms. The lowest BCUT2D eigenvalue weighted by atomic mass is 10.2. The average Bonchev–Trinajstić information content (AvgIpc) is 2.76. The van der Waals surface area contributed by atoms with Gasteiger partial charge in [0, 0.05) is 22.3 Å². The lowest BCUT2D eigenvalue weighted by Crippen LogP contribution is -2.22. The van der Waals surface area contributed by atoms with E-state index in [1.54, 1.807) is 24.3 Å². The molecular formula is C20H15ClF3N5O3S. The van der Waals surface area contributed by atoms with E-state index < -0.39 is 28.7 Å². The minimum Gasteiger partial charge on any atom is -0.308 e. The molecule has 3 N–H and O–H groups in total. The highest BCUT2D eigenvalue weighted by Gasteiger charge is 2.33. The number of hydrogen-bond donors (Lipinski definition) is 3. The predicted octanol–water partition coefficient (Wildman–Crippen LogP) is 5.24. The third-order valence-corrected chi connectivity index (χ3v) is 5.20. The Balaban J connectivity index is 1.61. The van der Waals surface area contributed by atoms with E-state index in [9.17, 15) is 22.8 Å². The highest BCUT2D eigenvalue weighted by atomic mass is 35.5. The van der Waals surface area contributed by atoms with Crippen molar-refractivity contribution in [2.75, 3.05) is 17.7 Å². The molecule has 3 amide bonds. The van der Waals surface area contributed by atoms with Gasteiger partial charge in [0.25, 0.3) is 5.91 Å². The average molecular weight is 498 g/mol. The number of hydrogen-bond acceptors (Lipinski definition) is 6. The molecule has 172 valence electrons. The zero-order chi connectivity index (χ0) is 24.0. The van der Waals surface area contributed by atoms with E-state index in [2.05, 4.69) is 30.9 Å². The van der Waals surface area contributed by atoms with Gasteiger partial charge in [-0.2, -0.15) is 13.2 Å². The van der Waals surface area contributed by atoms with Gasteiger partial charge in [0.1, 0.15) is 17.0 Å². The van der Waals surface area contributed by atoms with Gasteiger partial charge in [-0.1, -0.05) is 23.4 Å². The molecule has 0 aliphatic rings. The second-order valence-electron chi connectivity index (χ2n) is 6.27. The highest BCUT2D eigenvalue weighted by Crippen LogP contribution is 2.36. The van der Waals surface area contributed by atoms with Crippen molar-refractivity contribution in [1.82, 2.24) is 15.4 Å².